The molecule has 3 fully saturated rings. The van der Waals surface area contributed by atoms with Gasteiger partial charge in [-0.15, -0.1) is 0 Å². The van der Waals surface area contributed by atoms with Gasteiger partial charge in [0.25, 0.3) is 5.91 Å². The molecule has 1 aromatic carbocycles. The van der Waals surface area contributed by atoms with Gasteiger partial charge in [0.15, 0.2) is 5.54 Å². The lowest BCUT2D eigenvalue weighted by atomic mass is 9.75. The summed E-state index contributed by atoms with van der Waals surface area (Å²) in [4.78, 5) is 47.7. The third-order valence-electron chi connectivity index (χ3n) is 7.61. The molecule has 0 spiro atoms. The molecule has 4 heterocycles. The van der Waals surface area contributed by atoms with E-state index in [2.05, 4.69) is 10.3 Å². The Morgan fingerprint density at radius 1 is 1.14 bits per heavy atom. The number of carbonyl (C=O) groups is 3. The molecule has 1 aromatic heterocycles. The number of para-hydroxylation sites is 1. The van der Waals surface area contributed by atoms with Crippen molar-refractivity contribution in [1.29, 1.82) is 0 Å². The molecule has 0 unspecified atom stereocenters. The molecule has 2 aromatic rings. The number of carbonyl (C=O) groups excluding carboxylic acids is 3. The summed E-state index contributed by atoms with van der Waals surface area (Å²) >= 11 is 0. The van der Waals surface area contributed by atoms with E-state index in [-0.39, 0.29) is 36.8 Å². The van der Waals surface area contributed by atoms with E-state index >= 15 is 0 Å². The zero-order chi connectivity index (χ0) is 25.1. The number of pyridine rings is 1. The van der Waals surface area contributed by atoms with Gasteiger partial charge in [0.05, 0.1) is 31.9 Å². The Morgan fingerprint density at radius 3 is 2.61 bits per heavy atom. The summed E-state index contributed by atoms with van der Waals surface area (Å²) in [6.45, 7) is 1.90. The van der Waals surface area contributed by atoms with Crippen LogP contribution >= 0.6 is 0 Å². The van der Waals surface area contributed by atoms with Gasteiger partial charge in [0, 0.05) is 37.4 Å². The lowest BCUT2D eigenvalue weighted by Gasteiger charge is -2.40. The first kappa shape index (κ1) is 24.2. The highest BCUT2D eigenvalue weighted by Gasteiger charge is 2.58. The highest BCUT2D eigenvalue weighted by atomic mass is 16.5. The van der Waals surface area contributed by atoms with Crippen molar-refractivity contribution in [2.75, 3.05) is 33.4 Å². The van der Waals surface area contributed by atoms with Crippen LogP contribution in [0.2, 0.25) is 0 Å². The molecule has 9 nitrogen and oxygen atoms in total. The highest BCUT2D eigenvalue weighted by molar-refractivity contribution is 6.07. The molecule has 36 heavy (non-hydrogen) atoms. The molecule has 3 aliphatic heterocycles. The summed E-state index contributed by atoms with van der Waals surface area (Å²) in [5, 5.41) is 3.03. The lowest BCUT2D eigenvalue weighted by molar-refractivity contribution is -0.137. The van der Waals surface area contributed by atoms with E-state index in [0.29, 0.717) is 44.0 Å². The van der Waals surface area contributed by atoms with Crippen molar-refractivity contribution in [1.82, 2.24) is 20.1 Å². The molecule has 0 aliphatic carbocycles. The van der Waals surface area contributed by atoms with E-state index in [0.717, 1.165) is 18.4 Å². The van der Waals surface area contributed by atoms with Crippen LogP contribution in [0.5, 0.6) is 5.75 Å². The molecular weight excluding hydrogens is 460 g/mol. The minimum Gasteiger partial charge on any atom is -0.496 e. The molecule has 3 saturated heterocycles. The number of nitrogens with zero attached hydrogens (tertiary/aromatic N) is 3. The Labute approximate surface area is 210 Å². The molecule has 2 atom stereocenters. The van der Waals surface area contributed by atoms with Crippen LogP contribution in [0.3, 0.4) is 0 Å². The van der Waals surface area contributed by atoms with Gasteiger partial charge < -0.3 is 19.7 Å². The van der Waals surface area contributed by atoms with Crippen molar-refractivity contribution in [2.45, 2.75) is 43.7 Å². The van der Waals surface area contributed by atoms with Crippen molar-refractivity contribution >= 4 is 17.8 Å². The zero-order valence-corrected chi connectivity index (χ0v) is 20.5. The Kier molecular flexibility index (Phi) is 6.91. The van der Waals surface area contributed by atoms with Crippen LogP contribution in [-0.2, 0) is 26.3 Å². The first-order valence-electron chi connectivity index (χ1n) is 12.6. The van der Waals surface area contributed by atoms with Crippen LogP contribution in [0.25, 0.3) is 0 Å². The molecule has 3 aliphatic rings. The fourth-order valence-electron chi connectivity index (χ4n) is 5.69. The monoisotopic (exact) mass is 492 g/mol. The van der Waals surface area contributed by atoms with E-state index in [1.807, 2.05) is 35.2 Å². The third kappa shape index (κ3) is 4.43. The maximum absolute atomic E-state index is 13.9. The van der Waals surface area contributed by atoms with Gasteiger partial charge in [0.1, 0.15) is 5.75 Å². The second-order valence-electron chi connectivity index (χ2n) is 9.65. The quantitative estimate of drug-likeness (QED) is 0.596. The minimum absolute atomic E-state index is 0.0200. The van der Waals surface area contributed by atoms with Gasteiger partial charge in [0.2, 0.25) is 5.91 Å². The number of ether oxygens (including phenoxy) is 2. The molecule has 9 heteroatoms. The number of benzene rings is 1. The SMILES string of the molecule is COc1ccccc1CC(=O)N1CCC([C@]2(c3ccccn3)NC(=O)N(C[C@@H]3CCCO3)C2=O)CC1. The maximum Gasteiger partial charge on any atom is 0.325 e. The number of nitrogens with one attached hydrogen (secondary N) is 1. The first-order valence-corrected chi connectivity index (χ1v) is 12.6. The summed E-state index contributed by atoms with van der Waals surface area (Å²) in [5.41, 5.74) is 0.145. The van der Waals surface area contributed by atoms with Gasteiger partial charge in [-0.1, -0.05) is 24.3 Å². The van der Waals surface area contributed by atoms with Crippen LogP contribution < -0.4 is 10.1 Å². The van der Waals surface area contributed by atoms with E-state index in [9.17, 15) is 14.4 Å². The number of likely N-dealkylation sites (tertiary alicyclic amines) is 1. The Balaban J connectivity index is 1.33. The van der Waals surface area contributed by atoms with Crippen molar-refractivity contribution in [2.24, 2.45) is 5.92 Å². The van der Waals surface area contributed by atoms with E-state index in [1.54, 1.807) is 25.4 Å². The number of urea groups is 1. The molecule has 4 amide bonds. The summed E-state index contributed by atoms with van der Waals surface area (Å²) in [6.07, 6.45) is 4.69. The fourth-order valence-corrected chi connectivity index (χ4v) is 5.69. The van der Waals surface area contributed by atoms with Gasteiger partial charge in [-0.25, -0.2) is 4.79 Å². The number of hydrogen-bond donors (Lipinski definition) is 1. The normalized spacial score (nSPS) is 24.8. The van der Waals surface area contributed by atoms with E-state index in [4.69, 9.17) is 9.47 Å². The van der Waals surface area contributed by atoms with Crippen LogP contribution in [0.1, 0.15) is 36.9 Å². The standard InChI is InChI=1S/C27H32N4O5/c1-35-22-9-3-2-7-19(22)17-24(32)30-14-11-20(12-15-30)27(23-10-4-5-13-28-23)25(33)31(26(34)29-27)18-21-8-6-16-36-21/h2-5,7,9-10,13,20-21H,6,8,11-12,14-18H2,1H3,(H,29,34)/t21-,27+/m0/s1. The molecule has 1 N–H and O–H groups in total. The molecule has 0 saturated carbocycles. The molecule has 0 radical (unpaired) electrons. The Morgan fingerprint density at radius 2 is 1.92 bits per heavy atom. The number of imide groups is 1. The van der Waals surface area contributed by atoms with Crippen LogP contribution in [-0.4, -0.2) is 72.1 Å². The van der Waals surface area contributed by atoms with Crippen LogP contribution in [0, 0.1) is 5.92 Å². The first-order chi connectivity index (χ1) is 17.5. The van der Waals surface area contributed by atoms with Gasteiger partial charge in [-0.05, 0) is 43.9 Å². The number of hydrogen-bond acceptors (Lipinski definition) is 6. The second kappa shape index (κ2) is 10.3. The smallest absolute Gasteiger partial charge is 0.325 e. The van der Waals surface area contributed by atoms with Crippen molar-refractivity contribution < 1.29 is 23.9 Å². The number of rotatable bonds is 7. The number of piperidine rings is 1. The van der Waals surface area contributed by atoms with Gasteiger partial charge in [-0.2, -0.15) is 0 Å². The average molecular weight is 493 g/mol. The third-order valence-corrected chi connectivity index (χ3v) is 7.61. The summed E-state index contributed by atoms with van der Waals surface area (Å²) in [6, 6.07) is 12.5. The summed E-state index contributed by atoms with van der Waals surface area (Å²) in [5.74, 6) is 0.251. The lowest BCUT2D eigenvalue weighted by Crippen LogP contribution is -2.55. The summed E-state index contributed by atoms with van der Waals surface area (Å²) in [7, 11) is 1.60. The van der Waals surface area contributed by atoms with Crippen molar-refractivity contribution in [3.05, 3.63) is 59.9 Å². The molecule has 0 bridgehead atoms. The summed E-state index contributed by atoms with van der Waals surface area (Å²) < 4.78 is 11.1. The Hall–Kier alpha value is -3.46. The fraction of sp³-hybridized carbons (Fsp3) is 0.481. The van der Waals surface area contributed by atoms with Crippen molar-refractivity contribution in [3.63, 3.8) is 0 Å². The number of aromatic nitrogens is 1. The second-order valence-corrected chi connectivity index (χ2v) is 9.65. The predicted molar refractivity (Wildman–Crippen MR) is 131 cm³/mol. The maximum atomic E-state index is 13.9. The van der Waals surface area contributed by atoms with Gasteiger partial charge in [-0.3, -0.25) is 19.5 Å². The highest BCUT2D eigenvalue weighted by Crippen LogP contribution is 2.41. The van der Waals surface area contributed by atoms with Crippen LogP contribution in [0.4, 0.5) is 4.79 Å². The average Bonchev–Trinajstić information content (AvgIpc) is 3.52. The molecule has 5 rings (SSSR count). The largest absolute Gasteiger partial charge is 0.496 e. The van der Waals surface area contributed by atoms with E-state index < -0.39 is 11.6 Å². The predicted octanol–water partition coefficient (Wildman–Crippen LogP) is 2.50. The van der Waals surface area contributed by atoms with Crippen molar-refractivity contribution in [3.8, 4) is 5.75 Å². The van der Waals surface area contributed by atoms with E-state index in [1.165, 1.54) is 4.90 Å². The Bertz CT molecular complexity index is 1110. The van der Waals surface area contributed by atoms with Gasteiger partial charge >= 0.3 is 6.03 Å². The molecule has 190 valence electrons. The number of methoxy groups -OCH3 is 1. The minimum atomic E-state index is -1.24. The topological polar surface area (TPSA) is 101 Å². The zero-order valence-electron chi connectivity index (χ0n) is 20.5. The number of amides is 4. The molecular formula is C27H32N4O5. The van der Waals surface area contributed by atoms with Crippen LogP contribution in [0.15, 0.2) is 48.7 Å².